The summed E-state index contributed by atoms with van der Waals surface area (Å²) in [6.07, 6.45) is 0. The van der Waals surface area contributed by atoms with Gasteiger partial charge in [-0.3, -0.25) is 0 Å². The van der Waals surface area contributed by atoms with Gasteiger partial charge in [-0.05, 0) is 6.07 Å². The van der Waals surface area contributed by atoms with Gasteiger partial charge in [0.15, 0.2) is 11.5 Å². The van der Waals surface area contributed by atoms with Gasteiger partial charge in [-0.1, -0.05) is 0 Å². The van der Waals surface area contributed by atoms with Crippen LogP contribution >= 0.6 is 37.9 Å². The average molecular weight is 206 g/mol. The maximum Gasteiger partial charge on any atom is 0.173 e. The van der Waals surface area contributed by atoms with E-state index >= 15 is 0 Å². The van der Waals surface area contributed by atoms with Gasteiger partial charge in [0.25, 0.3) is 0 Å². The summed E-state index contributed by atoms with van der Waals surface area (Å²) in [5, 5.41) is 18.2. The molecule has 0 aliphatic heterocycles. The Morgan fingerprint density at radius 1 is 0.909 bits per heavy atom. The second kappa shape index (κ2) is 3.08. The average Bonchev–Trinajstić information content (AvgIpc) is 1.97. The molecule has 0 unspecified atom stereocenters. The molecule has 0 atom stereocenters. The molecule has 0 radical (unpaired) electrons. The fourth-order valence-corrected chi connectivity index (χ4v) is 1.36. The summed E-state index contributed by atoms with van der Waals surface area (Å²) in [4.78, 5) is 1.02. The molecule has 2 nitrogen and oxygen atoms in total. The molecule has 0 spiro atoms. The van der Waals surface area contributed by atoms with Gasteiger partial charge in [-0.2, -0.15) is 0 Å². The van der Waals surface area contributed by atoms with Gasteiger partial charge in [0.05, 0.1) is 9.79 Å². The molecule has 1 aromatic rings. The first kappa shape index (κ1) is 8.96. The van der Waals surface area contributed by atoms with Crippen molar-refractivity contribution in [2.24, 2.45) is 0 Å². The van der Waals surface area contributed by atoms with Crippen LogP contribution in [0.25, 0.3) is 0 Å². The van der Waals surface area contributed by atoms with Crippen LogP contribution in [-0.2, 0) is 0 Å². The van der Waals surface area contributed by atoms with Crippen molar-refractivity contribution in [3.63, 3.8) is 0 Å². The lowest BCUT2D eigenvalue weighted by Gasteiger charge is -2.05. The van der Waals surface area contributed by atoms with Crippen LogP contribution in [0.4, 0.5) is 0 Å². The van der Waals surface area contributed by atoms with Gasteiger partial charge in [-0.25, -0.2) is 0 Å². The van der Waals surface area contributed by atoms with Crippen molar-refractivity contribution in [2.45, 2.75) is 14.7 Å². The van der Waals surface area contributed by atoms with Gasteiger partial charge in [-0.15, -0.1) is 37.9 Å². The molecule has 5 heteroatoms. The Kier molecular flexibility index (Phi) is 2.51. The molecule has 0 amide bonds. The minimum absolute atomic E-state index is 0.253. The monoisotopic (exact) mass is 206 g/mol. The molecule has 0 saturated heterocycles. The number of hydrogen-bond acceptors (Lipinski definition) is 5. The predicted molar refractivity (Wildman–Crippen MR) is 51.5 cm³/mol. The van der Waals surface area contributed by atoms with Crippen LogP contribution in [0.2, 0.25) is 0 Å². The van der Waals surface area contributed by atoms with E-state index in [1.54, 1.807) is 0 Å². The van der Waals surface area contributed by atoms with Gasteiger partial charge < -0.3 is 10.2 Å². The Hall–Kier alpha value is -0.130. The van der Waals surface area contributed by atoms with E-state index in [2.05, 4.69) is 37.9 Å². The first-order valence-corrected chi connectivity index (χ1v) is 4.04. The summed E-state index contributed by atoms with van der Waals surface area (Å²) in [5.74, 6) is -0.554. The molecular weight excluding hydrogens is 200 g/mol. The summed E-state index contributed by atoms with van der Waals surface area (Å²) in [7, 11) is 0. The molecule has 60 valence electrons. The highest BCUT2D eigenvalue weighted by atomic mass is 32.1. The van der Waals surface area contributed by atoms with E-state index in [9.17, 15) is 0 Å². The third-order valence-corrected chi connectivity index (χ3v) is 2.53. The van der Waals surface area contributed by atoms with Crippen LogP contribution < -0.4 is 0 Å². The summed E-state index contributed by atoms with van der Waals surface area (Å²) in [6.45, 7) is 0. The normalized spacial score (nSPS) is 10.1. The molecule has 1 rings (SSSR count). The van der Waals surface area contributed by atoms with Gasteiger partial charge in [0, 0.05) is 4.90 Å². The molecular formula is C6H6O2S3. The number of phenolic OH excluding ortho intramolecular Hbond substituents is 2. The standard InChI is InChI=1S/C6H6O2S3/c7-4-2(9)1-3(10)6(11)5(4)8/h1,7-11H. The fourth-order valence-electron chi connectivity index (χ4n) is 0.621. The lowest BCUT2D eigenvalue weighted by atomic mass is 10.3. The van der Waals surface area contributed by atoms with Crippen LogP contribution in [0.1, 0.15) is 0 Å². The van der Waals surface area contributed by atoms with Crippen molar-refractivity contribution < 1.29 is 10.2 Å². The number of thiol groups is 3. The van der Waals surface area contributed by atoms with Crippen molar-refractivity contribution in [3.8, 4) is 11.5 Å². The van der Waals surface area contributed by atoms with Crippen molar-refractivity contribution in [2.75, 3.05) is 0 Å². The van der Waals surface area contributed by atoms with Crippen LogP contribution in [0.5, 0.6) is 11.5 Å². The van der Waals surface area contributed by atoms with Gasteiger partial charge in [0.1, 0.15) is 0 Å². The van der Waals surface area contributed by atoms with E-state index in [0.717, 1.165) is 0 Å². The third kappa shape index (κ3) is 1.55. The lowest BCUT2D eigenvalue weighted by molar-refractivity contribution is 0.384. The third-order valence-electron chi connectivity index (χ3n) is 1.21. The number of aromatic hydroxyl groups is 2. The molecule has 0 aromatic heterocycles. The molecule has 0 saturated carbocycles. The zero-order chi connectivity index (χ0) is 8.59. The Morgan fingerprint density at radius 3 is 2.00 bits per heavy atom. The maximum absolute atomic E-state index is 9.14. The summed E-state index contributed by atoms with van der Waals surface area (Å²) in [6, 6.07) is 1.50. The zero-order valence-electron chi connectivity index (χ0n) is 5.31. The van der Waals surface area contributed by atoms with Crippen LogP contribution in [0.3, 0.4) is 0 Å². The van der Waals surface area contributed by atoms with Crippen molar-refractivity contribution in [3.05, 3.63) is 6.07 Å². The Morgan fingerprint density at radius 2 is 1.45 bits per heavy atom. The second-order valence-corrected chi connectivity index (χ2v) is 3.37. The minimum Gasteiger partial charge on any atom is -0.503 e. The van der Waals surface area contributed by atoms with Crippen LogP contribution in [-0.4, -0.2) is 10.2 Å². The Bertz CT molecular complexity index is 272. The van der Waals surface area contributed by atoms with E-state index in [0.29, 0.717) is 4.90 Å². The van der Waals surface area contributed by atoms with Gasteiger partial charge >= 0.3 is 0 Å². The van der Waals surface area contributed by atoms with E-state index in [-0.39, 0.29) is 21.3 Å². The first-order valence-electron chi connectivity index (χ1n) is 2.70. The fraction of sp³-hybridized carbons (Fsp3) is 0. The van der Waals surface area contributed by atoms with Crippen molar-refractivity contribution in [1.82, 2.24) is 0 Å². The van der Waals surface area contributed by atoms with Crippen LogP contribution in [0, 0.1) is 0 Å². The smallest absolute Gasteiger partial charge is 0.173 e. The van der Waals surface area contributed by atoms with Gasteiger partial charge in [0.2, 0.25) is 0 Å². The highest BCUT2D eigenvalue weighted by Crippen LogP contribution is 2.40. The highest BCUT2D eigenvalue weighted by Gasteiger charge is 2.10. The van der Waals surface area contributed by atoms with E-state index < -0.39 is 0 Å². The van der Waals surface area contributed by atoms with E-state index in [1.807, 2.05) is 0 Å². The molecule has 0 fully saturated rings. The summed E-state index contributed by atoms with van der Waals surface area (Å²) >= 11 is 11.8. The Balaban J connectivity index is 3.46. The highest BCUT2D eigenvalue weighted by molar-refractivity contribution is 7.83. The predicted octanol–water partition coefficient (Wildman–Crippen LogP) is 1.96. The second-order valence-electron chi connectivity index (χ2n) is 1.96. The zero-order valence-corrected chi connectivity index (χ0v) is 8.00. The van der Waals surface area contributed by atoms with Crippen molar-refractivity contribution in [1.29, 1.82) is 0 Å². The number of benzene rings is 1. The number of rotatable bonds is 0. The summed E-state index contributed by atoms with van der Waals surface area (Å²) < 4.78 is 0. The van der Waals surface area contributed by atoms with E-state index in [1.165, 1.54) is 6.07 Å². The summed E-state index contributed by atoms with van der Waals surface area (Å²) in [5.41, 5.74) is 0. The Labute approximate surface area is 80.5 Å². The molecule has 2 N–H and O–H groups in total. The molecule has 0 aliphatic rings. The number of phenols is 2. The largest absolute Gasteiger partial charge is 0.503 e. The molecule has 0 aliphatic carbocycles. The van der Waals surface area contributed by atoms with Crippen molar-refractivity contribution >= 4 is 37.9 Å². The molecule has 0 bridgehead atoms. The maximum atomic E-state index is 9.14. The molecule has 11 heavy (non-hydrogen) atoms. The minimum atomic E-state index is -0.286. The SMILES string of the molecule is Oc1c(S)cc(S)c(S)c1O. The molecule has 0 heterocycles. The lowest BCUT2D eigenvalue weighted by Crippen LogP contribution is -1.77. The van der Waals surface area contributed by atoms with E-state index in [4.69, 9.17) is 10.2 Å². The molecule has 1 aromatic carbocycles. The topological polar surface area (TPSA) is 40.5 Å². The number of hydrogen-bond donors (Lipinski definition) is 5. The quantitative estimate of drug-likeness (QED) is 0.333. The van der Waals surface area contributed by atoms with Crippen LogP contribution in [0.15, 0.2) is 20.8 Å². The first-order chi connectivity index (χ1) is 5.04.